The van der Waals surface area contributed by atoms with Gasteiger partial charge < -0.3 is 19.1 Å². The van der Waals surface area contributed by atoms with Gasteiger partial charge in [-0.25, -0.2) is 23.5 Å². The number of pyridine rings is 1. The number of carboxylic acid groups (broad SMARTS) is 1. The van der Waals surface area contributed by atoms with Crippen LogP contribution in [0.3, 0.4) is 0 Å². The summed E-state index contributed by atoms with van der Waals surface area (Å²) in [6.45, 7) is 3.37. The number of aromatic carboxylic acids is 1. The quantitative estimate of drug-likeness (QED) is 0.292. The molecule has 3 heterocycles. The number of carboxylic acids is 1. The lowest BCUT2D eigenvalue weighted by Crippen LogP contribution is -2.33. The van der Waals surface area contributed by atoms with Crippen molar-refractivity contribution in [3.63, 3.8) is 0 Å². The molecule has 1 N–H and O–H groups in total. The summed E-state index contributed by atoms with van der Waals surface area (Å²) in [4.78, 5) is 23.2. The summed E-state index contributed by atoms with van der Waals surface area (Å²) in [7, 11) is 1.81. The molecule has 0 radical (unpaired) electrons. The van der Waals surface area contributed by atoms with Crippen LogP contribution in [-0.4, -0.2) is 50.0 Å². The number of rotatable bonds is 9. The average molecular weight is 562 g/mol. The molecule has 1 saturated heterocycles. The molecule has 1 fully saturated rings. The molecule has 41 heavy (non-hydrogen) atoms. The molecular formula is C30H29F2N5O4. The Morgan fingerprint density at radius 2 is 1.98 bits per heavy atom. The number of imidazole rings is 1. The number of hydrogen-bond acceptors (Lipinski definition) is 7. The van der Waals surface area contributed by atoms with Crippen LogP contribution in [0, 0.1) is 17.1 Å². The Morgan fingerprint density at radius 1 is 1.20 bits per heavy atom. The van der Waals surface area contributed by atoms with Gasteiger partial charge in [-0.2, -0.15) is 5.26 Å². The predicted octanol–water partition coefficient (Wildman–Crippen LogP) is 5.33. The number of aryl methyl sites for hydroxylation is 1. The van der Waals surface area contributed by atoms with Crippen LogP contribution in [0.2, 0.25) is 0 Å². The topological polar surface area (TPSA) is 114 Å². The third-order valence-corrected chi connectivity index (χ3v) is 7.25. The Morgan fingerprint density at radius 3 is 2.66 bits per heavy atom. The third-order valence-electron chi connectivity index (χ3n) is 7.25. The van der Waals surface area contributed by atoms with Gasteiger partial charge in [-0.15, -0.1) is 0 Å². The Hall–Kier alpha value is -4.56. The van der Waals surface area contributed by atoms with E-state index in [-0.39, 0.29) is 29.4 Å². The Kier molecular flexibility index (Phi) is 8.12. The molecule has 0 bridgehead atoms. The molecule has 0 spiro atoms. The van der Waals surface area contributed by atoms with Crippen LogP contribution in [0.25, 0.3) is 11.0 Å². The summed E-state index contributed by atoms with van der Waals surface area (Å²) in [6.07, 6.45) is 0.115. The number of nitrogens with zero attached hydrogens (tertiary/aromatic N) is 5. The minimum Gasteiger partial charge on any atom is -0.478 e. The average Bonchev–Trinajstić information content (AvgIpc) is 3.27. The maximum atomic E-state index is 14.2. The summed E-state index contributed by atoms with van der Waals surface area (Å²) in [5, 5.41) is 18.4. The van der Waals surface area contributed by atoms with Crippen LogP contribution >= 0.6 is 0 Å². The second kappa shape index (κ2) is 11.9. The lowest BCUT2D eigenvalue weighted by molar-refractivity contribution is 0.0690. The van der Waals surface area contributed by atoms with E-state index >= 15 is 0 Å². The van der Waals surface area contributed by atoms with Gasteiger partial charge in [-0.05, 0) is 56.3 Å². The normalized spacial score (nSPS) is 15.0. The van der Waals surface area contributed by atoms with Crippen LogP contribution < -0.4 is 9.47 Å². The van der Waals surface area contributed by atoms with Gasteiger partial charge in [0, 0.05) is 37.2 Å². The number of piperidine rings is 1. The maximum absolute atomic E-state index is 14.2. The fourth-order valence-corrected chi connectivity index (χ4v) is 5.04. The zero-order valence-electron chi connectivity index (χ0n) is 22.7. The number of ether oxygens (including phenoxy) is 2. The number of nitriles is 1. The van der Waals surface area contributed by atoms with E-state index < -0.39 is 18.1 Å². The Labute approximate surface area is 235 Å². The second-order valence-corrected chi connectivity index (χ2v) is 10.1. The molecule has 0 amide bonds. The zero-order valence-corrected chi connectivity index (χ0v) is 22.7. The standard InChI is InChI=1S/C30H29F2N5O4/c1-18(31)41-26-14-22(30(38)39)13-25-29(26)35-27(36(25)2)16-37-10-8-20(9-11-37)24-4-3-5-28(34-24)40-17-21-7-6-19(15-33)12-23(21)32/h3-7,12-14,18,20H,8-11,16-17H2,1-2H3,(H,38,39)/t18-/m1/s1. The molecule has 11 heteroatoms. The summed E-state index contributed by atoms with van der Waals surface area (Å²) < 4.78 is 40.7. The SMILES string of the molecule is C[C@H](F)Oc1cc(C(=O)O)cc2c1nc(CN1CCC(c3cccc(OCc4ccc(C#N)cc4F)n3)CC1)n2C. The minimum absolute atomic E-state index is 0.00395. The van der Waals surface area contributed by atoms with Crippen molar-refractivity contribution in [1.82, 2.24) is 19.4 Å². The highest BCUT2D eigenvalue weighted by atomic mass is 19.1. The summed E-state index contributed by atoms with van der Waals surface area (Å²) in [6, 6.07) is 14.6. The fraction of sp³-hybridized carbons (Fsp3) is 0.333. The van der Waals surface area contributed by atoms with E-state index in [1.54, 1.807) is 18.2 Å². The van der Waals surface area contributed by atoms with Crippen LogP contribution in [0.1, 0.15) is 58.7 Å². The fourth-order valence-electron chi connectivity index (χ4n) is 5.04. The van der Waals surface area contributed by atoms with E-state index in [4.69, 9.17) is 14.7 Å². The minimum atomic E-state index is -1.61. The Bertz CT molecular complexity index is 1620. The van der Waals surface area contributed by atoms with Crippen molar-refractivity contribution in [2.24, 2.45) is 7.05 Å². The molecule has 1 aliphatic heterocycles. The first kappa shape index (κ1) is 28.0. The molecule has 212 valence electrons. The smallest absolute Gasteiger partial charge is 0.335 e. The molecule has 1 atom stereocenters. The van der Waals surface area contributed by atoms with E-state index in [1.165, 1.54) is 25.1 Å². The first-order valence-electron chi connectivity index (χ1n) is 13.3. The summed E-state index contributed by atoms with van der Waals surface area (Å²) >= 11 is 0. The van der Waals surface area contributed by atoms with Gasteiger partial charge in [-0.1, -0.05) is 12.1 Å². The predicted molar refractivity (Wildman–Crippen MR) is 146 cm³/mol. The lowest BCUT2D eigenvalue weighted by Gasteiger charge is -2.31. The molecular weight excluding hydrogens is 532 g/mol. The van der Waals surface area contributed by atoms with Crippen LogP contribution in [0.5, 0.6) is 11.6 Å². The van der Waals surface area contributed by atoms with E-state index in [1.807, 2.05) is 29.8 Å². The summed E-state index contributed by atoms with van der Waals surface area (Å²) in [5.74, 6) is -0.152. The highest BCUT2D eigenvalue weighted by Crippen LogP contribution is 2.32. The first-order chi connectivity index (χ1) is 19.7. The molecule has 0 saturated carbocycles. The summed E-state index contributed by atoms with van der Waals surface area (Å²) in [5.41, 5.74) is 2.51. The van der Waals surface area contributed by atoms with Crippen LogP contribution in [0.15, 0.2) is 48.5 Å². The molecule has 9 nitrogen and oxygen atoms in total. The number of benzene rings is 2. The molecule has 2 aromatic carbocycles. The van der Waals surface area contributed by atoms with Crippen molar-refractivity contribution < 1.29 is 28.2 Å². The molecule has 2 aromatic heterocycles. The van der Waals surface area contributed by atoms with E-state index in [2.05, 4.69) is 14.9 Å². The maximum Gasteiger partial charge on any atom is 0.335 e. The lowest BCUT2D eigenvalue weighted by atomic mass is 9.93. The first-order valence-corrected chi connectivity index (χ1v) is 13.3. The van der Waals surface area contributed by atoms with Gasteiger partial charge in [0.05, 0.1) is 29.3 Å². The highest BCUT2D eigenvalue weighted by Gasteiger charge is 2.24. The van der Waals surface area contributed by atoms with Gasteiger partial charge in [-0.3, -0.25) is 4.90 Å². The molecule has 5 rings (SSSR count). The van der Waals surface area contributed by atoms with Gasteiger partial charge in [0.25, 0.3) is 0 Å². The van der Waals surface area contributed by atoms with Crippen molar-refractivity contribution in [3.05, 3.63) is 82.6 Å². The monoisotopic (exact) mass is 561 g/mol. The number of fused-ring (bicyclic) bond motifs is 1. The van der Waals surface area contributed by atoms with Gasteiger partial charge in [0.2, 0.25) is 12.2 Å². The number of halogens is 2. The van der Waals surface area contributed by atoms with Crippen LogP contribution in [0.4, 0.5) is 8.78 Å². The van der Waals surface area contributed by atoms with Crippen molar-refractivity contribution in [3.8, 4) is 17.7 Å². The van der Waals surface area contributed by atoms with Gasteiger partial charge in [0.15, 0.2) is 5.75 Å². The number of alkyl halides is 1. The van der Waals surface area contributed by atoms with Gasteiger partial charge in [0.1, 0.15) is 23.8 Å². The second-order valence-electron chi connectivity index (χ2n) is 10.1. The number of likely N-dealkylation sites (tertiary alicyclic amines) is 1. The molecule has 0 aliphatic carbocycles. The number of aromatic nitrogens is 3. The number of carbonyl (C=O) groups is 1. The third kappa shape index (κ3) is 6.28. The highest BCUT2D eigenvalue weighted by molar-refractivity contribution is 5.95. The van der Waals surface area contributed by atoms with E-state index in [0.29, 0.717) is 29.0 Å². The molecule has 4 aromatic rings. The zero-order chi connectivity index (χ0) is 29.1. The van der Waals surface area contributed by atoms with Crippen molar-refractivity contribution in [2.75, 3.05) is 13.1 Å². The van der Waals surface area contributed by atoms with Crippen LogP contribution in [-0.2, 0) is 20.2 Å². The number of hydrogen-bond donors (Lipinski definition) is 1. The molecule has 0 unspecified atom stereocenters. The Balaban J connectivity index is 1.23. The van der Waals surface area contributed by atoms with E-state index in [9.17, 15) is 18.7 Å². The van der Waals surface area contributed by atoms with Crippen molar-refractivity contribution in [2.45, 2.75) is 45.2 Å². The van der Waals surface area contributed by atoms with E-state index in [0.717, 1.165) is 37.4 Å². The van der Waals surface area contributed by atoms with Crippen molar-refractivity contribution >= 4 is 17.0 Å². The van der Waals surface area contributed by atoms with Crippen molar-refractivity contribution in [1.29, 1.82) is 5.26 Å². The molecule has 1 aliphatic rings. The van der Waals surface area contributed by atoms with Gasteiger partial charge >= 0.3 is 5.97 Å². The largest absolute Gasteiger partial charge is 0.478 e.